The Morgan fingerprint density at radius 3 is 2.80 bits per heavy atom. The molecule has 0 spiro atoms. The van der Waals surface area contributed by atoms with Crippen molar-refractivity contribution in [2.75, 3.05) is 13.7 Å². The fraction of sp³-hybridized carbons (Fsp3) is 0.333. The summed E-state index contributed by atoms with van der Waals surface area (Å²) in [6.45, 7) is 3.63. The molecule has 0 radical (unpaired) electrons. The number of rotatable bonds is 3. The third-order valence-electron chi connectivity index (χ3n) is 2.67. The smallest absolute Gasteiger partial charge is 0.119 e. The van der Waals surface area contributed by atoms with Crippen molar-refractivity contribution in [3.63, 3.8) is 0 Å². The second kappa shape index (κ2) is 3.95. The topological polar surface area (TPSA) is 40.2 Å². The third-order valence-corrected chi connectivity index (χ3v) is 2.67. The van der Waals surface area contributed by atoms with Crippen molar-refractivity contribution in [3.8, 4) is 5.75 Å². The van der Waals surface area contributed by atoms with Gasteiger partial charge in [0.25, 0.3) is 0 Å². The van der Waals surface area contributed by atoms with Gasteiger partial charge in [-0.1, -0.05) is 0 Å². The van der Waals surface area contributed by atoms with E-state index < -0.39 is 0 Å². The number of aryl methyl sites for hydroxylation is 1. The van der Waals surface area contributed by atoms with E-state index in [0.717, 1.165) is 12.3 Å². The van der Waals surface area contributed by atoms with Gasteiger partial charge in [-0.05, 0) is 31.2 Å². The number of ether oxygens (including phenoxy) is 1. The van der Waals surface area contributed by atoms with Gasteiger partial charge in [-0.25, -0.2) is 0 Å². The number of aromatic nitrogens is 1. The number of methoxy groups -OCH3 is 1. The van der Waals surface area contributed by atoms with Crippen LogP contribution in [-0.2, 0) is 6.54 Å². The average Bonchev–Trinajstić information content (AvgIpc) is 2.55. The highest BCUT2D eigenvalue weighted by Gasteiger charge is 2.05. The van der Waals surface area contributed by atoms with Crippen molar-refractivity contribution in [3.05, 3.63) is 30.0 Å². The summed E-state index contributed by atoms with van der Waals surface area (Å²) in [5.41, 5.74) is 8.05. The predicted molar refractivity (Wildman–Crippen MR) is 62.3 cm³/mol. The zero-order chi connectivity index (χ0) is 10.8. The zero-order valence-corrected chi connectivity index (χ0v) is 9.16. The average molecular weight is 204 g/mol. The SMILES string of the molecule is COc1ccc2c(c1)cc(C)n2CCN. The van der Waals surface area contributed by atoms with Gasteiger partial charge in [0.15, 0.2) is 0 Å². The van der Waals surface area contributed by atoms with Crippen LogP contribution in [0.5, 0.6) is 5.75 Å². The number of benzene rings is 1. The number of hydrogen-bond donors (Lipinski definition) is 1. The molecule has 15 heavy (non-hydrogen) atoms. The van der Waals surface area contributed by atoms with Crippen LogP contribution in [0, 0.1) is 6.92 Å². The van der Waals surface area contributed by atoms with Crippen LogP contribution < -0.4 is 10.5 Å². The molecule has 1 aromatic carbocycles. The Morgan fingerprint density at radius 2 is 2.13 bits per heavy atom. The fourth-order valence-electron chi connectivity index (χ4n) is 1.94. The van der Waals surface area contributed by atoms with Crippen LogP contribution in [0.1, 0.15) is 5.69 Å². The van der Waals surface area contributed by atoms with E-state index in [1.165, 1.54) is 16.6 Å². The molecule has 0 saturated carbocycles. The molecule has 1 aromatic heterocycles. The van der Waals surface area contributed by atoms with Crippen LogP contribution in [0.2, 0.25) is 0 Å². The largest absolute Gasteiger partial charge is 0.497 e. The summed E-state index contributed by atoms with van der Waals surface area (Å²) in [7, 11) is 1.69. The Bertz CT molecular complexity index is 474. The molecule has 0 aliphatic heterocycles. The molecular weight excluding hydrogens is 188 g/mol. The Labute approximate surface area is 89.4 Å². The quantitative estimate of drug-likeness (QED) is 0.829. The highest BCUT2D eigenvalue weighted by Crippen LogP contribution is 2.23. The lowest BCUT2D eigenvalue weighted by atomic mass is 10.2. The third kappa shape index (κ3) is 1.70. The van der Waals surface area contributed by atoms with Crippen LogP contribution in [0.15, 0.2) is 24.3 Å². The van der Waals surface area contributed by atoms with E-state index in [1.54, 1.807) is 7.11 Å². The maximum atomic E-state index is 5.59. The first kappa shape index (κ1) is 10.1. The molecule has 0 aliphatic carbocycles. The van der Waals surface area contributed by atoms with E-state index in [0.29, 0.717) is 6.54 Å². The molecular formula is C12H16N2O. The summed E-state index contributed by atoms with van der Waals surface area (Å²) in [6.07, 6.45) is 0. The predicted octanol–water partition coefficient (Wildman–Crippen LogP) is 1.92. The van der Waals surface area contributed by atoms with Gasteiger partial charge in [-0.3, -0.25) is 0 Å². The maximum absolute atomic E-state index is 5.59. The van der Waals surface area contributed by atoms with Crippen LogP contribution in [-0.4, -0.2) is 18.2 Å². The first-order valence-corrected chi connectivity index (χ1v) is 5.10. The zero-order valence-electron chi connectivity index (χ0n) is 9.16. The van der Waals surface area contributed by atoms with Crippen molar-refractivity contribution in [2.45, 2.75) is 13.5 Å². The van der Waals surface area contributed by atoms with Crippen molar-refractivity contribution in [1.29, 1.82) is 0 Å². The van der Waals surface area contributed by atoms with Crippen molar-refractivity contribution >= 4 is 10.9 Å². The summed E-state index contributed by atoms with van der Waals surface area (Å²) in [6, 6.07) is 8.27. The number of fused-ring (bicyclic) bond motifs is 1. The molecule has 0 bridgehead atoms. The van der Waals surface area contributed by atoms with Gasteiger partial charge < -0.3 is 15.0 Å². The lowest BCUT2D eigenvalue weighted by Gasteiger charge is -2.06. The van der Waals surface area contributed by atoms with Gasteiger partial charge in [0.1, 0.15) is 5.75 Å². The molecule has 2 rings (SSSR count). The van der Waals surface area contributed by atoms with E-state index >= 15 is 0 Å². The summed E-state index contributed by atoms with van der Waals surface area (Å²) in [5, 5.41) is 1.21. The van der Waals surface area contributed by atoms with Gasteiger partial charge in [0.2, 0.25) is 0 Å². The molecule has 2 aromatic rings. The highest BCUT2D eigenvalue weighted by molar-refractivity contribution is 5.82. The molecule has 0 fully saturated rings. The van der Waals surface area contributed by atoms with Gasteiger partial charge in [0, 0.05) is 29.7 Å². The first-order chi connectivity index (χ1) is 7.26. The maximum Gasteiger partial charge on any atom is 0.119 e. The van der Waals surface area contributed by atoms with Gasteiger partial charge in [-0.2, -0.15) is 0 Å². The highest BCUT2D eigenvalue weighted by atomic mass is 16.5. The van der Waals surface area contributed by atoms with E-state index in [1.807, 2.05) is 6.07 Å². The Morgan fingerprint density at radius 1 is 1.33 bits per heavy atom. The molecule has 3 nitrogen and oxygen atoms in total. The van der Waals surface area contributed by atoms with Crippen LogP contribution >= 0.6 is 0 Å². The molecule has 0 unspecified atom stereocenters. The molecule has 80 valence electrons. The van der Waals surface area contributed by atoms with Crippen molar-refractivity contribution in [2.24, 2.45) is 5.73 Å². The molecule has 0 saturated heterocycles. The Balaban J connectivity index is 2.58. The molecule has 0 amide bonds. The first-order valence-electron chi connectivity index (χ1n) is 5.10. The van der Waals surface area contributed by atoms with Crippen molar-refractivity contribution in [1.82, 2.24) is 4.57 Å². The van der Waals surface area contributed by atoms with Crippen LogP contribution in [0.25, 0.3) is 10.9 Å². The van der Waals surface area contributed by atoms with E-state index in [9.17, 15) is 0 Å². The second-order valence-corrected chi connectivity index (χ2v) is 3.65. The van der Waals surface area contributed by atoms with E-state index in [-0.39, 0.29) is 0 Å². The van der Waals surface area contributed by atoms with Gasteiger partial charge >= 0.3 is 0 Å². The van der Waals surface area contributed by atoms with E-state index in [4.69, 9.17) is 10.5 Å². The molecule has 3 heteroatoms. The second-order valence-electron chi connectivity index (χ2n) is 3.65. The minimum Gasteiger partial charge on any atom is -0.497 e. The molecule has 1 heterocycles. The Hall–Kier alpha value is -1.48. The van der Waals surface area contributed by atoms with Crippen molar-refractivity contribution < 1.29 is 4.74 Å². The summed E-state index contributed by atoms with van der Waals surface area (Å²) >= 11 is 0. The Kier molecular flexibility index (Phi) is 2.64. The standard InChI is InChI=1S/C12H16N2O/c1-9-7-10-8-11(15-2)3-4-12(10)14(9)6-5-13/h3-4,7-8H,5-6,13H2,1-2H3. The monoisotopic (exact) mass is 204 g/mol. The number of hydrogen-bond acceptors (Lipinski definition) is 2. The molecule has 0 aliphatic rings. The summed E-state index contributed by atoms with van der Waals surface area (Å²) in [5.74, 6) is 0.896. The summed E-state index contributed by atoms with van der Waals surface area (Å²) in [4.78, 5) is 0. The fourth-order valence-corrected chi connectivity index (χ4v) is 1.94. The molecule has 0 atom stereocenters. The van der Waals surface area contributed by atoms with Crippen LogP contribution in [0.3, 0.4) is 0 Å². The van der Waals surface area contributed by atoms with Gasteiger partial charge in [-0.15, -0.1) is 0 Å². The minimum atomic E-state index is 0.663. The lowest BCUT2D eigenvalue weighted by Crippen LogP contribution is -2.10. The van der Waals surface area contributed by atoms with E-state index in [2.05, 4.69) is 29.7 Å². The molecule has 2 N–H and O–H groups in total. The minimum absolute atomic E-state index is 0.663. The lowest BCUT2D eigenvalue weighted by molar-refractivity contribution is 0.415. The number of nitrogens with two attached hydrogens (primary N) is 1. The van der Waals surface area contributed by atoms with Gasteiger partial charge in [0.05, 0.1) is 7.11 Å². The summed E-state index contributed by atoms with van der Waals surface area (Å²) < 4.78 is 7.43. The number of nitrogens with zero attached hydrogens (tertiary/aromatic N) is 1. The normalized spacial score (nSPS) is 10.9. The van der Waals surface area contributed by atoms with Crippen LogP contribution in [0.4, 0.5) is 0 Å².